The van der Waals surface area contributed by atoms with Gasteiger partial charge in [-0.2, -0.15) is 5.10 Å². The summed E-state index contributed by atoms with van der Waals surface area (Å²) in [5, 5.41) is 15.2. The lowest BCUT2D eigenvalue weighted by Gasteiger charge is -2.21. The van der Waals surface area contributed by atoms with Crippen LogP contribution in [0.1, 0.15) is 19.5 Å². The van der Waals surface area contributed by atoms with Crippen LogP contribution in [0.3, 0.4) is 0 Å². The van der Waals surface area contributed by atoms with Crippen molar-refractivity contribution in [1.82, 2.24) is 14.9 Å². The molecule has 7 heteroatoms. The van der Waals surface area contributed by atoms with Crippen LogP contribution >= 0.6 is 0 Å². The van der Waals surface area contributed by atoms with E-state index in [0.717, 1.165) is 0 Å². The summed E-state index contributed by atoms with van der Waals surface area (Å²) in [6, 6.07) is 0. The fourth-order valence-electron chi connectivity index (χ4n) is 1.03. The molecule has 0 saturated carbocycles. The van der Waals surface area contributed by atoms with Crippen LogP contribution in [0.25, 0.3) is 0 Å². The van der Waals surface area contributed by atoms with Gasteiger partial charge in [0.25, 0.3) is 0 Å². The first-order chi connectivity index (χ1) is 7.28. The van der Waals surface area contributed by atoms with E-state index in [0.29, 0.717) is 5.69 Å². The predicted molar refractivity (Wildman–Crippen MR) is 59.4 cm³/mol. The third-order valence-corrected chi connectivity index (χ3v) is 3.76. The van der Waals surface area contributed by atoms with E-state index >= 15 is 0 Å². The lowest BCUT2D eigenvalue weighted by molar-refractivity contribution is 0.163. The van der Waals surface area contributed by atoms with Gasteiger partial charge in [0.05, 0.1) is 11.9 Å². The van der Waals surface area contributed by atoms with Crippen LogP contribution in [0.4, 0.5) is 0 Å². The zero-order valence-corrected chi connectivity index (χ0v) is 10.4. The van der Waals surface area contributed by atoms with Gasteiger partial charge in [0, 0.05) is 18.6 Å². The third-order valence-electron chi connectivity index (χ3n) is 2.24. The summed E-state index contributed by atoms with van der Waals surface area (Å²) in [6.45, 7) is 5.28. The molecule has 1 aromatic rings. The highest BCUT2D eigenvalue weighted by molar-refractivity contribution is 7.89. The summed E-state index contributed by atoms with van der Waals surface area (Å²) in [6.07, 6.45) is 1.27. The first-order valence-electron chi connectivity index (χ1n) is 4.89. The van der Waals surface area contributed by atoms with Crippen molar-refractivity contribution in [3.05, 3.63) is 11.9 Å². The highest BCUT2D eigenvalue weighted by Gasteiger charge is 2.23. The molecule has 0 fully saturated rings. The first kappa shape index (κ1) is 13.1. The number of hydrogen-bond donors (Lipinski definition) is 3. The average Bonchev–Trinajstić information content (AvgIpc) is 2.63. The van der Waals surface area contributed by atoms with E-state index in [1.807, 2.05) is 0 Å². The fraction of sp³-hybridized carbons (Fsp3) is 0.667. The minimum Gasteiger partial charge on any atom is -0.396 e. The van der Waals surface area contributed by atoms with E-state index in [1.165, 1.54) is 6.20 Å². The van der Waals surface area contributed by atoms with Crippen molar-refractivity contribution in [2.24, 2.45) is 5.41 Å². The second kappa shape index (κ2) is 4.52. The first-order valence-corrected chi connectivity index (χ1v) is 6.37. The fourth-order valence-corrected chi connectivity index (χ4v) is 2.41. The maximum atomic E-state index is 11.8. The van der Waals surface area contributed by atoms with Gasteiger partial charge in [0.1, 0.15) is 4.90 Å². The van der Waals surface area contributed by atoms with Gasteiger partial charge in [0.15, 0.2) is 0 Å². The molecule has 0 atom stereocenters. The molecule has 1 heterocycles. The van der Waals surface area contributed by atoms with Gasteiger partial charge in [-0.05, 0) is 6.92 Å². The van der Waals surface area contributed by atoms with Gasteiger partial charge in [0.2, 0.25) is 10.0 Å². The van der Waals surface area contributed by atoms with Gasteiger partial charge in [-0.1, -0.05) is 13.8 Å². The minimum atomic E-state index is -3.55. The number of hydrogen-bond acceptors (Lipinski definition) is 4. The summed E-state index contributed by atoms with van der Waals surface area (Å²) in [5.41, 5.74) is 0.0133. The highest BCUT2D eigenvalue weighted by atomic mass is 32.2. The molecular formula is C9H17N3O3S. The van der Waals surface area contributed by atoms with Gasteiger partial charge >= 0.3 is 0 Å². The topological polar surface area (TPSA) is 95.1 Å². The zero-order valence-electron chi connectivity index (χ0n) is 9.61. The Morgan fingerprint density at radius 1 is 1.56 bits per heavy atom. The smallest absolute Gasteiger partial charge is 0.243 e. The highest BCUT2D eigenvalue weighted by Crippen LogP contribution is 2.15. The number of aromatic nitrogens is 2. The summed E-state index contributed by atoms with van der Waals surface area (Å²) in [7, 11) is -3.55. The Kier molecular flexibility index (Phi) is 3.72. The minimum absolute atomic E-state index is 0.0834. The van der Waals surface area contributed by atoms with Gasteiger partial charge in [-0.25, -0.2) is 13.1 Å². The molecule has 0 aliphatic rings. The van der Waals surface area contributed by atoms with E-state index in [9.17, 15) is 8.42 Å². The number of nitrogens with zero attached hydrogens (tertiary/aromatic N) is 1. The molecule has 3 N–H and O–H groups in total. The molecule has 0 bridgehead atoms. The van der Waals surface area contributed by atoms with Crippen molar-refractivity contribution in [3.8, 4) is 0 Å². The van der Waals surface area contributed by atoms with Crippen LogP contribution < -0.4 is 4.72 Å². The summed E-state index contributed by atoms with van der Waals surface area (Å²) in [5.74, 6) is 0. The monoisotopic (exact) mass is 247 g/mol. The molecule has 16 heavy (non-hydrogen) atoms. The predicted octanol–water partition coefficient (Wildman–Crippen LogP) is 0.0149. The normalized spacial score (nSPS) is 13.0. The molecule has 0 saturated heterocycles. The Balaban J connectivity index is 2.79. The standard InChI is InChI=1S/C9H17N3O3S/c1-7-8(4-10-12-7)16(14,15)11-5-9(2,3)6-13/h4,11,13H,5-6H2,1-3H3,(H,10,12). The molecule has 0 unspecified atom stereocenters. The Morgan fingerprint density at radius 2 is 2.19 bits per heavy atom. The largest absolute Gasteiger partial charge is 0.396 e. The van der Waals surface area contributed by atoms with Crippen LogP contribution in [-0.4, -0.2) is 36.9 Å². The Bertz CT molecular complexity index is 450. The molecule has 0 aliphatic carbocycles. The quantitative estimate of drug-likeness (QED) is 0.683. The van der Waals surface area contributed by atoms with Crippen LogP contribution in [-0.2, 0) is 10.0 Å². The second-order valence-electron chi connectivity index (χ2n) is 4.51. The maximum Gasteiger partial charge on any atom is 0.243 e. The summed E-state index contributed by atoms with van der Waals surface area (Å²) >= 11 is 0. The molecule has 0 spiro atoms. The molecule has 0 aliphatic heterocycles. The number of aliphatic hydroxyl groups is 1. The second-order valence-corrected chi connectivity index (χ2v) is 6.24. The van der Waals surface area contributed by atoms with Crippen LogP contribution in [0.2, 0.25) is 0 Å². The number of rotatable bonds is 5. The lowest BCUT2D eigenvalue weighted by Crippen LogP contribution is -2.36. The third kappa shape index (κ3) is 3.03. The van der Waals surface area contributed by atoms with E-state index < -0.39 is 15.4 Å². The zero-order chi connectivity index (χ0) is 12.4. The average molecular weight is 247 g/mol. The Labute approximate surface area is 95.1 Å². The molecular weight excluding hydrogens is 230 g/mol. The van der Waals surface area contributed by atoms with E-state index in [-0.39, 0.29) is 18.0 Å². The van der Waals surface area contributed by atoms with Crippen LogP contribution in [0.15, 0.2) is 11.1 Å². The van der Waals surface area contributed by atoms with Crippen molar-refractivity contribution in [2.75, 3.05) is 13.2 Å². The number of aromatic amines is 1. The van der Waals surface area contributed by atoms with Gasteiger partial charge in [-0.3, -0.25) is 5.10 Å². The number of aliphatic hydroxyl groups excluding tert-OH is 1. The molecule has 1 rings (SSSR count). The van der Waals surface area contributed by atoms with E-state index in [1.54, 1.807) is 20.8 Å². The molecule has 1 aromatic heterocycles. The van der Waals surface area contributed by atoms with Crippen molar-refractivity contribution in [1.29, 1.82) is 0 Å². The molecule has 0 radical (unpaired) electrons. The SMILES string of the molecule is Cc1[nH]ncc1S(=O)(=O)NCC(C)(C)CO. The number of sulfonamides is 1. The van der Waals surface area contributed by atoms with Gasteiger partial charge in [-0.15, -0.1) is 0 Å². The molecule has 6 nitrogen and oxygen atoms in total. The van der Waals surface area contributed by atoms with Crippen molar-refractivity contribution >= 4 is 10.0 Å². The summed E-state index contributed by atoms with van der Waals surface area (Å²) < 4.78 is 26.1. The van der Waals surface area contributed by atoms with E-state index in [2.05, 4.69) is 14.9 Å². The molecule has 0 aromatic carbocycles. The van der Waals surface area contributed by atoms with Crippen LogP contribution in [0, 0.1) is 12.3 Å². The molecule has 0 amide bonds. The Morgan fingerprint density at radius 3 is 2.62 bits per heavy atom. The summed E-state index contributed by atoms with van der Waals surface area (Å²) in [4.78, 5) is 0.140. The Hall–Kier alpha value is -0.920. The van der Waals surface area contributed by atoms with E-state index in [4.69, 9.17) is 5.11 Å². The van der Waals surface area contributed by atoms with Crippen molar-refractivity contribution in [2.45, 2.75) is 25.7 Å². The number of nitrogens with one attached hydrogen (secondary N) is 2. The van der Waals surface area contributed by atoms with Crippen LogP contribution in [0.5, 0.6) is 0 Å². The lowest BCUT2D eigenvalue weighted by atomic mass is 9.96. The molecule has 92 valence electrons. The number of aryl methyl sites for hydroxylation is 1. The van der Waals surface area contributed by atoms with Gasteiger partial charge < -0.3 is 5.11 Å². The van der Waals surface area contributed by atoms with Crippen molar-refractivity contribution in [3.63, 3.8) is 0 Å². The number of H-pyrrole nitrogens is 1. The van der Waals surface area contributed by atoms with Crippen molar-refractivity contribution < 1.29 is 13.5 Å². The maximum absolute atomic E-state index is 11.8.